The van der Waals surface area contributed by atoms with Gasteiger partial charge in [-0.3, -0.25) is 14.4 Å². The highest BCUT2D eigenvalue weighted by Gasteiger charge is 2.39. The summed E-state index contributed by atoms with van der Waals surface area (Å²) in [7, 11) is -1.25. The van der Waals surface area contributed by atoms with E-state index in [1.165, 1.54) is 0 Å². The van der Waals surface area contributed by atoms with Crippen molar-refractivity contribution < 1.29 is 13.2 Å². The van der Waals surface area contributed by atoms with E-state index in [2.05, 4.69) is 10.00 Å². The molecule has 1 aromatic heterocycles. The van der Waals surface area contributed by atoms with E-state index >= 15 is 0 Å². The number of nitrogens with zero attached hydrogens (tertiary/aromatic N) is 4. The zero-order valence-electron chi connectivity index (χ0n) is 12.9. The van der Waals surface area contributed by atoms with Crippen LogP contribution in [0.3, 0.4) is 0 Å². The van der Waals surface area contributed by atoms with Crippen LogP contribution >= 0.6 is 0 Å². The van der Waals surface area contributed by atoms with Crippen molar-refractivity contribution >= 4 is 15.7 Å². The van der Waals surface area contributed by atoms with Crippen LogP contribution in [0.4, 0.5) is 0 Å². The van der Waals surface area contributed by atoms with Crippen LogP contribution in [0, 0.1) is 0 Å². The summed E-state index contributed by atoms with van der Waals surface area (Å²) in [4.78, 5) is 16.3. The molecule has 8 heteroatoms. The van der Waals surface area contributed by atoms with Crippen molar-refractivity contribution in [2.45, 2.75) is 31.5 Å². The van der Waals surface area contributed by atoms with Gasteiger partial charge in [-0.2, -0.15) is 5.10 Å². The number of carbonyl (C=O) groups is 1. The van der Waals surface area contributed by atoms with Gasteiger partial charge in [0.2, 0.25) is 5.91 Å². The molecule has 1 aromatic rings. The third-order valence-corrected chi connectivity index (χ3v) is 6.55. The summed E-state index contributed by atoms with van der Waals surface area (Å²) in [5.41, 5.74) is 0. The lowest BCUT2D eigenvalue weighted by molar-refractivity contribution is -0.139. The molecule has 0 N–H and O–H groups in total. The van der Waals surface area contributed by atoms with Crippen molar-refractivity contribution in [3.63, 3.8) is 0 Å². The summed E-state index contributed by atoms with van der Waals surface area (Å²) in [5.74, 6) is 0.285. The highest BCUT2D eigenvalue weighted by molar-refractivity contribution is 7.91. The van der Waals surface area contributed by atoms with Gasteiger partial charge in [0, 0.05) is 38.6 Å². The van der Waals surface area contributed by atoms with Crippen molar-refractivity contribution in [1.82, 2.24) is 19.6 Å². The van der Waals surface area contributed by atoms with Gasteiger partial charge in [0.25, 0.3) is 0 Å². The summed E-state index contributed by atoms with van der Waals surface area (Å²) in [5, 5.41) is 4.22. The molecule has 0 aliphatic carbocycles. The van der Waals surface area contributed by atoms with Gasteiger partial charge in [0.1, 0.15) is 0 Å². The standard InChI is InChI=1S/C14H22N4O3S/c1-11(17-8-13(9-17)18-6-3-5-15-18)14(19)16(2)12-4-7-22(20,21)10-12/h3,5-6,11-13H,4,7-10H2,1-2H3/t11-,12-/m0/s1. The molecule has 22 heavy (non-hydrogen) atoms. The molecule has 2 aliphatic heterocycles. The summed E-state index contributed by atoms with van der Waals surface area (Å²) in [6, 6.07) is 1.82. The monoisotopic (exact) mass is 326 g/mol. The Bertz CT molecular complexity index is 637. The minimum Gasteiger partial charge on any atom is -0.340 e. The number of sulfone groups is 1. The van der Waals surface area contributed by atoms with E-state index in [-0.39, 0.29) is 29.5 Å². The van der Waals surface area contributed by atoms with Crippen LogP contribution in [-0.4, -0.2) is 77.6 Å². The molecule has 2 saturated heterocycles. The first-order chi connectivity index (χ1) is 10.4. The Labute approximate surface area is 130 Å². The number of likely N-dealkylation sites (N-methyl/N-ethyl adjacent to an activating group) is 1. The average Bonchev–Trinajstić information content (AvgIpc) is 3.04. The molecule has 3 rings (SSSR count). The van der Waals surface area contributed by atoms with E-state index in [1.807, 2.05) is 23.9 Å². The second-order valence-electron chi connectivity index (χ2n) is 6.28. The number of aromatic nitrogens is 2. The number of hydrogen-bond donors (Lipinski definition) is 0. The zero-order chi connectivity index (χ0) is 15.9. The predicted octanol–water partition coefficient (Wildman–Crippen LogP) is -0.226. The smallest absolute Gasteiger partial charge is 0.239 e. The van der Waals surface area contributed by atoms with Gasteiger partial charge in [-0.1, -0.05) is 0 Å². The Morgan fingerprint density at radius 3 is 2.68 bits per heavy atom. The van der Waals surface area contributed by atoms with Crippen LogP contribution < -0.4 is 0 Å². The van der Waals surface area contributed by atoms with Gasteiger partial charge in [-0.05, 0) is 19.4 Å². The minimum absolute atomic E-state index is 0.000940. The maximum absolute atomic E-state index is 12.5. The summed E-state index contributed by atoms with van der Waals surface area (Å²) in [6.45, 7) is 3.48. The van der Waals surface area contributed by atoms with E-state index in [0.29, 0.717) is 12.5 Å². The molecule has 3 heterocycles. The second-order valence-corrected chi connectivity index (χ2v) is 8.50. The maximum atomic E-state index is 12.5. The van der Waals surface area contributed by atoms with Crippen LogP contribution in [0.1, 0.15) is 19.4 Å². The van der Waals surface area contributed by atoms with E-state index in [9.17, 15) is 13.2 Å². The molecule has 0 aromatic carbocycles. The third kappa shape index (κ3) is 2.89. The Hall–Kier alpha value is -1.41. The topological polar surface area (TPSA) is 75.5 Å². The Balaban J connectivity index is 1.54. The van der Waals surface area contributed by atoms with Crippen molar-refractivity contribution in [3.05, 3.63) is 18.5 Å². The van der Waals surface area contributed by atoms with Crippen LogP contribution in [0.15, 0.2) is 18.5 Å². The molecule has 2 atom stereocenters. The SMILES string of the molecule is C[C@@H](C(=O)N(C)[C@H]1CCS(=O)(=O)C1)N1CC(n2cccn2)C1. The fourth-order valence-electron chi connectivity index (χ4n) is 3.18. The molecule has 122 valence electrons. The van der Waals surface area contributed by atoms with E-state index in [4.69, 9.17) is 0 Å². The highest BCUT2D eigenvalue weighted by atomic mass is 32.2. The molecule has 0 saturated carbocycles. The summed E-state index contributed by atoms with van der Waals surface area (Å²) < 4.78 is 25.0. The fraction of sp³-hybridized carbons (Fsp3) is 0.714. The number of likely N-dealkylation sites (tertiary alicyclic amines) is 1. The molecular formula is C14H22N4O3S. The van der Waals surface area contributed by atoms with Crippen LogP contribution in [0.25, 0.3) is 0 Å². The molecule has 7 nitrogen and oxygen atoms in total. The number of rotatable bonds is 4. The van der Waals surface area contributed by atoms with Gasteiger partial charge < -0.3 is 4.90 Å². The first kappa shape index (κ1) is 15.5. The Kier molecular flexibility index (Phi) is 3.98. The number of carbonyl (C=O) groups excluding carboxylic acids is 1. The minimum atomic E-state index is -2.97. The Morgan fingerprint density at radius 2 is 2.14 bits per heavy atom. The largest absolute Gasteiger partial charge is 0.340 e. The maximum Gasteiger partial charge on any atom is 0.239 e. The molecule has 0 spiro atoms. The van der Waals surface area contributed by atoms with E-state index in [1.54, 1.807) is 18.1 Å². The van der Waals surface area contributed by atoms with Gasteiger partial charge in [0.05, 0.1) is 23.6 Å². The van der Waals surface area contributed by atoms with Gasteiger partial charge in [0.15, 0.2) is 9.84 Å². The number of amides is 1. The molecule has 2 fully saturated rings. The van der Waals surface area contributed by atoms with Crippen molar-refractivity contribution in [3.8, 4) is 0 Å². The number of hydrogen-bond acceptors (Lipinski definition) is 5. The lowest BCUT2D eigenvalue weighted by Gasteiger charge is -2.43. The van der Waals surface area contributed by atoms with Crippen molar-refractivity contribution in [2.75, 3.05) is 31.6 Å². The highest BCUT2D eigenvalue weighted by Crippen LogP contribution is 2.24. The van der Waals surface area contributed by atoms with Crippen LogP contribution in [-0.2, 0) is 14.6 Å². The van der Waals surface area contributed by atoms with E-state index in [0.717, 1.165) is 13.1 Å². The zero-order valence-corrected chi connectivity index (χ0v) is 13.7. The van der Waals surface area contributed by atoms with Crippen LogP contribution in [0.2, 0.25) is 0 Å². The molecule has 0 radical (unpaired) electrons. The molecule has 1 amide bonds. The molecular weight excluding hydrogens is 304 g/mol. The molecule has 0 bridgehead atoms. The molecule has 0 unspecified atom stereocenters. The van der Waals surface area contributed by atoms with E-state index < -0.39 is 9.84 Å². The summed E-state index contributed by atoms with van der Waals surface area (Å²) >= 11 is 0. The normalized spacial score (nSPS) is 26.5. The second kappa shape index (κ2) is 5.66. The van der Waals surface area contributed by atoms with Crippen molar-refractivity contribution in [1.29, 1.82) is 0 Å². The first-order valence-electron chi connectivity index (χ1n) is 7.57. The average molecular weight is 326 g/mol. The Morgan fingerprint density at radius 1 is 1.41 bits per heavy atom. The van der Waals surface area contributed by atoms with Crippen LogP contribution in [0.5, 0.6) is 0 Å². The lowest BCUT2D eigenvalue weighted by Crippen LogP contribution is -2.57. The van der Waals surface area contributed by atoms with Gasteiger partial charge in [-0.15, -0.1) is 0 Å². The lowest BCUT2D eigenvalue weighted by atomic mass is 10.0. The van der Waals surface area contributed by atoms with Gasteiger partial charge in [-0.25, -0.2) is 8.42 Å². The fourth-order valence-corrected chi connectivity index (χ4v) is 4.95. The third-order valence-electron chi connectivity index (χ3n) is 4.80. The summed E-state index contributed by atoms with van der Waals surface area (Å²) in [6.07, 6.45) is 4.24. The van der Waals surface area contributed by atoms with Crippen molar-refractivity contribution in [2.24, 2.45) is 0 Å². The quantitative estimate of drug-likeness (QED) is 0.764. The predicted molar refractivity (Wildman–Crippen MR) is 82.1 cm³/mol. The van der Waals surface area contributed by atoms with Gasteiger partial charge >= 0.3 is 0 Å². The first-order valence-corrected chi connectivity index (χ1v) is 9.40. The molecule has 2 aliphatic rings.